The van der Waals surface area contributed by atoms with Gasteiger partial charge in [-0.2, -0.15) is 0 Å². The number of amides is 1. The molecule has 0 aliphatic carbocycles. The maximum absolute atomic E-state index is 12.4. The maximum Gasteiger partial charge on any atom is 0.227 e. The van der Waals surface area contributed by atoms with Crippen LogP contribution in [0.5, 0.6) is 0 Å². The summed E-state index contributed by atoms with van der Waals surface area (Å²) in [4.78, 5) is 16.6. The quantitative estimate of drug-likeness (QED) is 0.899. The summed E-state index contributed by atoms with van der Waals surface area (Å²) in [7, 11) is 4.17. The molecule has 1 aromatic carbocycles. The summed E-state index contributed by atoms with van der Waals surface area (Å²) in [6, 6.07) is 8.51. The lowest BCUT2D eigenvalue weighted by Crippen LogP contribution is -2.47. The van der Waals surface area contributed by atoms with Crippen LogP contribution < -0.4 is 5.73 Å². The Balaban J connectivity index is 1.93. The number of nitrogens with two attached hydrogens (primary N) is 1. The summed E-state index contributed by atoms with van der Waals surface area (Å²) < 4.78 is 0. The first-order valence-electron chi connectivity index (χ1n) is 7.32. The number of hydrogen-bond donors (Lipinski definition) is 1. The summed E-state index contributed by atoms with van der Waals surface area (Å²) in [6.07, 6.45) is 2.77. The predicted molar refractivity (Wildman–Crippen MR) is 81.3 cm³/mol. The van der Waals surface area contributed by atoms with Crippen LogP contribution in [0.15, 0.2) is 24.3 Å². The Bertz CT molecular complexity index is 442. The van der Waals surface area contributed by atoms with Crippen LogP contribution in [0, 0.1) is 0 Å². The van der Waals surface area contributed by atoms with Gasteiger partial charge in [-0.25, -0.2) is 0 Å². The highest BCUT2D eigenvalue weighted by atomic mass is 16.2. The summed E-state index contributed by atoms with van der Waals surface area (Å²) in [5.41, 5.74) is 7.75. The fourth-order valence-corrected chi connectivity index (χ4v) is 2.68. The SMILES string of the molecule is CN(C)C1CCCN(C(=O)Cc2ccc(CN)cc2)C1. The van der Waals surface area contributed by atoms with Crippen molar-refractivity contribution in [2.45, 2.75) is 31.8 Å². The summed E-state index contributed by atoms with van der Waals surface area (Å²) in [5.74, 6) is 0.233. The molecule has 1 aromatic rings. The largest absolute Gasteiger partial charge is 0.341 e. The zero-order chi connectivity index (χ0) is 14.5. The third-order valence-corrected chi connectivity index (χ3v) is 4.09. The summed E-state index contributed by atoms with van der Waals surface area (Å²) in [6.45, 7) is 2.29. The lowest BCUT2D eigenvalue weighted by molar-refractivity contribution is -0.132. The van der Waals surface area contributed by atoms with Gasteiger partial charge in [0.1, 0.15) is 0 Å². The smallest absolute Gasteiger partial charge is 0.227 e. The normalized spacial score (nSPS) is 19.4. The van der Waals surface area contributed by atoms with Crippen LogP contribution in [0.25, 0.3) is 0 Å². The van der Waals surface area contributed by atoms with E-state index < -0.39 is 0 Å². The summed E-state index contributed by atoms with van der Waals surface area (Å²) >= 11 is 0. The minimum Gasteiger partial charge on any atom is -0.341 e. The second kappa shape index (κ2) is 6.86. The van der Waals surface area contributed by atoms with Crippen molar-refractivity contribution >= 4 is 5.91 Å². The number of nitrogens with zero attached hydrogens (tertiary/aromatic N) is 2. The van der Waals surface area contributed by atoms with Crippen molar-refractivity contribution in [1.82, 2.24) is 9.80 Å². The molecule has 4 heteroatoms. The summed E-state index contributed by atoms with van der Waals surface area (Å²) in [5, 5.41) is 0. The Morgan fingerprint density at radius 2 is 1.95 bits per heavy atom. The molecule has 1 aliphatic rings. The number of carbonyl (C=O) groups excluding carboxylic acids is 1. The molecule has 1 heterocycles. The predicted octanol–water partition coefficient (Wildman–Crippen LogP) is 1.24. The maximum atomic E-state index is 12.4. The van der Waals surface area contributed by atoms with Crippen LogP contribution in [-0.2, 0) is 17.8 Å². The number of likely N-dealkylation sites (N-methyl/N-ethyl adjacent to an activating group) is 1. The Morgan fingerprint density at radius 1 is 1.30 bits per heavy atom. The van der Waals surface area contributed by atoms with Gasteiger partial charge in [0.05, 0.1) is 6.42 Å². The molecular formula is C16H25N3O. The number of likely N-dealkylation sites (tertiary alicyclic amines) is 1. The third-order valence-electron chi connectivity index (χ3n) is 4.09. The van der Waals surface area contributed by atoms with Crippen molar-refractivity contribution in [2.75, 3.05) is 27.2 Å². The third kappa shape index (κ3) is 3.81. The highest BCUT2D eigenvalue weighted by molar-refractivity contribution is 5.78. The van der Waals surface area contributed by atoms with Crippen molar-refractivity contribution in [3.63, 3.8) is 0 Å². The molecule has 0 saturated carbocycles. The number of piperidine rings is 1. The van der Waals surface area contributed by atoms with Gasteiger partial charge in [-0.3, -0.25) is 4.79 Å². The van der Waals surface area contributed by atoms with Crippen molar-refractivity contribution in [2.24, 2.45) is 5.73 Å². The molecule has 1 amide bonds. The van der Waals surface area contributed by atoms with E-state index in [-0.39, 0.29) is 5.91 Å². The van der Waals surface area contributed by atoms with Crippen molar-refractivity contribution in [3.8, 4) is 0 Å². The fraction of sp³-hybridized carbons (Fsp3) is 0.562. The van der Waals surface area contributed by atoms with Gasteiger partial charge in [0.25, 0.3) is 0 Å². The first-order valence-corrected chi connectivity index (χ1v) is 7.32. The van der Waals surface area contributed by atoms with E-state index >= 15 is 0 Å². The van der Waals surface area contributed by atoms with Crippen molar-refractivity contribution < 1.29 is 4.79 Å². The minimum atomic E-state index is 0.233. The lowest BCUT2D eigenvalue weighted by atomic mass is 10.0. The van der Waals surface area contributed by atoms with Gasteiger partial charge in [0.15, 0.2) is 0 Å². The van der Waals surface area contributed by atoms with E-state index in [1.165, 1.54) is 6.42 Å². The Hall–Kier alpha value is -1.39. The van der Waals surface area contributed by atoms with Gasteiger partial charge >= 0.3 is 0 Å². The van der Waals surface area contributed by atoms with Crippen LogP contribution >= 0.6 is 0 Å². The molecule has 2 N–H and O–H groups in total. The number of hydrogen-bond acceptors (Lipinski definition) is 3. The average Bonchev–Trinajstić information content (AvgIpc) is 2.48. The van der Waals surface area contributed by atoms with Gasteiger partial charge in [-0.15, -0.1) is 0 Å². The van der Waals surface area contributed by atoms with Crippen LogP contribution in [0.4, 0.5) is 0 Å². The molecule has 20 heavy (non-hydrogen) atoms. The van der Waals surface area contributed by atoms with Crippen molar-refractivity contribution in [1.29, 1.82) is 0 Å². The van der Waals surface area contributed by atoms with E-state index in [0.717, 1.165) is 30.6 Å². The van der Waals surface area contributed by atoms with E-state index in [1.807, 2.05) is 29.2 Å². The second-order valence-electron chi connectivity index (χ2n) is 5.80. The van der Waals surface area contributed by atoms with Crippen LogP contribution in [0.1, 0.15) is 24.0 Å². The molecular weight excluding hydrogens is 250 g/mol. The zero-order valence-corrected chi connectivity index (χ0v) is 12.5. The molecule has 0 spiro atoms. The van der Waals surface area contributed by atoms with Gasteiger partial charge in [-0.1, -0.05) is 24.3 Å². The molecule has 1 atom stereocenters. The monoisotopic (exact) mass is 275 g/mol. The van der Waals surface area contributed by atoms with Crippen LogP contribution in [-0.4, -0.2) is 48.9 Å². The van der Waals surface area contributed by atoms with Crippen LogP contribution in [0.2, 0.25) is 0 Å². The number of benzene rings is 1. The molecule has 1 saturated heterocycles. The zero-order valence-electron chi connectivity index (χ0n) is 12.5. The van der Waals surface area contributed by atoms with Gasteiger partial charge < -0.3 is 15.5 Å². The fourth-order valence-electron chi connectivity index (χ4n) is 2.68. The van der Waals surface area contributed by atoms with E-state index in [4.69, 9.17) is 5.73 Å². The van der Waals surface area contributed by atoms with Crippen LogP contribution in [0.3, 0.4) is 0 Å². The molecule has 0 bridgehead atoms. The van der Waals surface area contributed by atoms with Gasteiger partial charge in [-0.05, 0) is 38.1 Å². The number of rotatable bonds is 4. The minimum absolute atomic E-state index is 0.233. The molecule has 1 aliphatic heterocycles. The average molecular weight is 275 g/mol. The number of carbonyl (C=O) groups is 1. The molecule has 0 radical (unpaired) electrons. The molecule has 110 valence electrons. The molecule has 1 unspecified atom stereocenters. The molecule has 1 fully saturated rings. The highest BCUT2D eigenvalue weighted by Gasteiger charge is 2.24. The molecule has 4 nitrogen and oxygen atoms in total. The van der Waals surface area contributed by atoms with Crippen molar-refractivity contribution in [3.05, 3.63) is 35.4 Å². The first-order chi connectivity index (χ1) is 9.60. The molecule has 2 rings (SSSR count). The Morgan fingerprint density at radius 3 is 2.55 bits per heavy atom. The van der Waals surface area contributed by atoms with Gasteiger partial charge in [0.2, 0.25) is 5.91 Å². The highest BCUT2D eigenvalue weighted by Crippen LogP contribution is 2.15. The Labute approximate surface area is 121 Å². The van der Waals surface area contributed by atoms with E-state index in [9.17, 15) is 4.79 Å². The molecule has 0 aromatic heterocycles. The topological polar surface area (TPSA) is 49.6 Å². The lowest BCUT2D eigenvalue weighted by Gasteiger charge is -2.36. The second-order valence-corrected chi connectivity index (χ2v) is 5.80. The van der Waals surface area contributed by atoms with Gasteiger partial charge in [0, 0.05) is 25.7 Å². The Kier molecular flexibility index (Phi) is 5.15. The first kappa shape index (κ1) is 15.0. The standard InChI is InChI=1S/C16H25N3O/c1-18(2)15-4-3-9-19(12-15)16(20)10-13-5-7-14(11-17)8-6-13/h5-8,15H,3-4,9-12,17H2,1-2H3. The van der Waals surface area contributed by atoms with E-state index in [1.54, 1.807) is 0 Å². The van der Waals surface area contributed by atoms with E-state index in [0.29, 0.717) is 19.0 Å². The van der Waals surface area contributed by atoms with E-state index in [2.05, 4.69) is 19.0 Å².